The van der Waals surface area contributed by atoms with Crippen LogP contribution < -0.4 is 0 Å². The van der Waals surface area contributed by atoms with E-state index in [1.54, 1.807) is 6.92 Å². The Balaban J connectivity index is 2.83. The van der Waals surface area contributed by atoms with Crippen LogP contribution in [-0.2, 0) is 5.41 Å². The van der Waals surface area contributed by atoms with E-state index >= 15 is 0 Å². The molecule has 2 rings (SSSR count). The Morgan fingerprint density at radius 1 is 1.31 bits per heavy atom. The number of hydrogen-bond acceptors (Lipinski definition) is 2. The van der Waals surface area contributed by atoms with Crippen molar-refractivity contribution in [2.45, 2.75) is 33.1 Å². The fourth-order valence-corrected chi connectivity index (χ4v) is 1.85. The minimum Gasteiger partial charge on any atom is -0.293 e. The highest BCUT2D eigenvalue weighted by molar-refractivity contribution is 5.93. The molecule has 0 saturated heterocycles. The molecular formula is C13H16N2O. The number of ketones is 1. The molecule has 0 aliphatic heterocycles. The summed E-state index contributed by atoms with van der Waals surface area (Å²) in [4.78, 5) is 16.0. The van der Waals surface area contributed by atoms with Crippen molar-refractivity contribution >= 4 is 11.3 Å². The number of fused-ring (bicyclic) bond motifs is 1. The van der Waals surface area contributed by atoms with Gasteiger partial charge in [0.2, 0.25) is 0 Å². The topological polar surface area (TPSA) is 34.4 Å². The van der Waals surface area contributed by atoms with Crippen LogP contribution >= 0.6 is 0 Å². The van der Waals surface area contributed by atoms with Crippen molar-refractivity contribution in [3.63, 3.8) is 0 Å². The van der Waals surface area contributed by atoms with Crippen LogP contribution in [0.4, 0.5) is 0 Å². The molecule has 0 amide bonds. The van der Waals surface area contributed by atoms with E-state index in [0.29, 0.717) is 5.69 Å². The summed E-state index contributed by atoms with van der Waals surface area (Å²) in [5.41, 5.74) is 1.59. The molecule has 0 N–H and O–H groups in total. The molecule has 0 aromatic carbocycles. The number of nitrogens with zero attached hydrogens (tertiary/aromatic N) is 2. The fraction of sp³-hybridized carbons (Fsp3) is 0.385. The molecule has 0 atom stereocenters. The summed E-state index contributed by atoms with van der Waals surface area (Å²) in [7, 11) is 0. The van der Waals surface area contributed by atoms with Crippen molar-refractivity contribution in [3.8, 4) is 0 Å². The highest BCUT2D eigenvalue weighted by atomic mass is 16.1. The number of hydrogen-bond donors (Lipinski definition) is 0. The third-order valence-corrected chi connectivity index (χ3v) is 2.58. The van der Waals surface area contributed by atoms with Crippen LogP contribution in [0.5, 0.6) is 0 Å². The summed E-state index contributed by atoms with van der Waals surface area (Å²) in [6.07, 6.45) is 1.81. The highest BCUT2D eigenvalue weighted by Crippen LogP contribution is 2.23. The Morgan fingerprint density at radius 3 is 2.56 bits per heavy atom. The summed E-state index contributed by atoms with van der Waals surface area (Å²) in [5, 5.41) is 0. The number of Topliss-reactive ketones (excluding diaryl/α,β-unsaturated/α-hetero) is 1. The molecule has 2 aromatic heterocycles. The van der Waals surface area contributed by atoms with Crippen molar-refractivity contribution in [1.29, 1.82) is 0 Å². The second-order valence-corrected chi connectivity index (χ2v) is 5.06. The first-order valence-electron chi connectivity index (χ1n) is 5.39. The van der Waals surface area contributed by atoms with Gasteiger partial charge in [-0.1, -0.05) is 26.8 Å². The molecule has 16 heavy (non-hydrogen) atoms. The molecule has 3 heteroatoms. The molecule has 2 aromatic rings. The Hall–Kier alpha value is -1.64. The molecule has 84 valence electrons. The summed E-state index contributed by atoms with van der Waals surface area (Å²) in [6.45, 7) is 7.87. The van der Waals surface area contributed by atoms with Crippen molar-refractivity contribution in [2.24, 2.45) is 0 Å². The van der Waals surface area contributed by atoms with Gasteiger partial charge in [0.05, 0.1) is 17.4 Å². The Morgan fingerprint density at radius 2 is 2.00 bits per heavy atom. The number of carbonyl (C=O) groups excluding carboxylic acids is 1. The molecule has 3 nitrogen and oxygen atoms in total. The van der Waals surface area contributed by atoms with E-state index in [1.807, 2.05) is 28.8 Å². The van der Waals surface area contributed by atoms with Gasteiger partial charge >= 0.3 is 0 Å². The second kappa shape index (κ2) is 3.44. The quantitative estimate of drug-likeness (QED) is 0.687. The molecule has 0 bridgehead atoms. The molecular weight excluding hydrogens is 200 g/mol. The van der Waals surface area contributed by atoms with Crippen LogP contribution in [0.3, 0.4) is 0 Å². The van der Waals surface area contributed by atoms with E-state index in [2.05, 4.69) is 25.8 Å². The summed E-state index contributed by atoms with van der Waals surface area (Å²) >= 11 is 0. The van der Waals surface area contributed by atoms with Crippen LogP contribution in [0, 0.1) is 0 Å². The lowest BCUT2D eigenvalue weighted by Gasteiger charge is -2.18. The zero-order chi connectivity index (χ0) is 11.9. The van der Waals surface area contributed by atoms with Crippen molar-refractivity contribution in [3.05, 3.63) is 35.9 Å². The molecule has 0 aliphatic carbocycles. The number of pyridine rings is 1. The van der Waals surface area contributed by atoms with E-state index in [9.17, 15) is 4.79 Å². The molecule has 0 unspecified atom stereocenters. The standard InChI is InChI=1S/C13H16N2O/c1-9(16)11-7-5-6-10-8-14-12(15(10)11)13(2,3)4/h5-8H,1-4H3. The maximum absolute atomic E-state index is 11.6. The normalized spacial score (nSPS) is 12.0. The number of carbonyl (C=O) groups is 1. The van der Waals surface area contributed by atoms with E-state index in [-0.39, 0.29) is 11.2 Å². The third-order valence-electron chi connectivity index (χ3n) is 2.58. The minimum absolute atomic E-state index is 0.0640. The average Bonchev–Trinajstić information content (AvgIpc) is 2.59. The third kappa shape index (κ3) is 1.62. The average molecular weight is 216 g/mol. The van der Waals surface area contributed by atoms with Crippen molar-refractivity contribution < 1.29 is 4.79 Å². The lowest BCUT2D eigenvalue weighted by molar-refractivity contribution is 0.101. The number of imidazole rings is 1. The maximum atomic E-state index is 11.6. The Bertz CT molecular complexity index is 547. The smallest absolute Gasteiger partial charge is 0.176 e. The van der Waals surface area contributed by atoms with Gasteiger partial charge in [-0.05, 0) is 12.1 Å². The fourth-order valence-electron chi connectivity index (χ4n) is 1.85. The van der Waals surface area contributed by atoms with Gasteiger partial charge in [-0.2, -0.15) is 0 Å². The lowest BCUT2D eigenvalue weighted by atomic mass is 9.95. The van der Waals surface area contributed by atoms with E-state index in [4.69, 9.17) is 0 Å². The van der Waals surface area contributed by atoms with Gasteiger partial charge in [-0.15, -0.1) is 0 Å². The molecule has 2 heterocycles. The SMILES string of the molecule is CC(=O)c1cccc2cnc(C(C)(C)C)n12. The number of aromatic nitrogens is 2. The predicted octanol–water partition coefficient (Wildman–Crippen LogP) is 2.83. The van der Waals surface area contributed by atoms with Crippen LogP contribution in [0.1, 0.15) is 44.0 Å². The van der Waals surface area contributed by atoms with Gasteiger partial charge in [-0.25, -0.2) is 4.98 Å². The first-order valence-corrected chi connectivity index (χ1v) is 5.39. The van der Waals surface area contributed by atoms with Gasteiger partial charge in [0.15, 0.2) is 5.78 Å². The number of rotatable bonds is 1. The lowest BCUT2D eigenvalue weighted by Crippen LogP contribution is -2.18. The zero-order valence-corrected chi connectivity index (χ0v) is 10.1. The summed E-state index contributed by atoms with van der Waals surface area (Å²) in [6, 6.07) is 5.70. The van der Waals surface area contributed by atoms with Gasteiger partial charge in [0.25, 0.3) is 0 Å². The van der Waals surface area contributed by atoms with E-state index in [1.165, 1.54) is 0 Å². The largest absolute Gasteiger partial charge is 0.293 e. The highest BCUT2D eigenvalue weighted by Gasteiger charge is 2.21. The molecule has 0 radical (unpaired) electrons. The first kappa shape index (κ1) is 10.9. The minimum atomic E-state index is -0.0715. The molecule has 0 saturated carbocycles. The first-order chi connectivity index (χ1) is 7.41. The summed E-state index contributed by atoms with van der Waals surface area (Å²) < 4.78 is 1.95. The molecule has 0 fully saturated rings. The second-order valence-electron chi connectivity index (χ2n) is 5.06. The van der Waals surface area contributed by atoms with Gasteiger partial charge < -0.3 is 0 Å². The van der Waals surface area contributed by atoms with Crippen LogP contribution in [0.2, 0.25) is 0 Å². The Kier molecular flexibility index (Phi) is 2.34. The van der Waals surface area contributed by atoms with Gasteiger partial charge in [0.1, 0.15) is 5.82 Å². The van der Waals surface area contributed by atoms with Crippen LogP contribution in [-0.4, -0.2) is 15.2 Å². The predicted molar refractivity (Wildman–Crippen MR) is 63.9 cm³/mol. The van der Waals surface area contributed by atoms with E-state index in [0.717, 1.165) is 11.3 Å². The Labute approximate surface area is 95.1 Å². The van der Waals surface area contributed by atoms with Crippen molar-refractivity contribution in [1.82, 2.24) is 9.38 Å². The maximum Gasteiger partial charge on any atom is 0.176 e. The van der Waals surface area contributed by atoms with Crippen LogP contribution in [0.25, 0.3) is 5.52 Å². The molecule has 0 aliphatic rings. The van der Waals surface area contributed by atoms with Gasteiger partial charge in [0, 0.05) is 12.3 Å². The summed E-state index contributed by atoms with van der Waals surface area (Å²) in [5.74, 6) is 0.988. The van der Waals surface area contributed by atoms with E-state index < -0.39 is 0 Å². The zero-order valence-electron chi connectivity index (χ0n) is 10.1. The van der Waals surface area contributed by atoms with Crippen molar-refractivity contribution in [2.75, 3.05) is 0 Å². The van der Waals surface area contributed by atoms with Crippen LogP contribution in [0.15, 0.2) is 24.4 Å². The molecule has 0 spiro atoms. The monoisotopic (exact) mass is 216 g/mol. The van der Waals surface area contributed by atoms with Gasteiger partial charge in [-0.3, -0.25) is 9.20 Å².